The first-order chi connectivity index (χ1) is 16.0. The van der Waals surface area contributed by atoms with E-state index in [9.17, 15) is 43.7 Å². The third-order valence-electron chi connectivity index (χ3n) is 4.37. The number of azo groups is 1. The molecule has 3 aromatic carbocycles. The van der Waals surface area contributed by atoms with E-state index in [1.165, 1.54) is 18.2 Å². The molecule has 20 heteroatoms. The van der Waals surface area contributed by atoms with Crippen LogP contribution in [0.3, 0.4) is 0 Å². The molecule has 0 atom stereocenters. The Labute approximate surface area is 254 Å². The third-order valence-corrected chi connectivity index (χ3v) is 6.97. The van der Waals surface area contributed by atoms with E-state index in [-0.39, 0.29) is 76.2 Å². The van der Waals surface area contributed by atoms with Crippen LogP contribution >= 0.6 is 0 Å². The van der Waals surface area contributed by atoms with Crippen molar-refractivity contribution in [3.63, 3.8) is 0 Å². The van der Waals surface area contributed by atoms with Gasteiger partial charge in [0.15, 0.2) is 0 Å². The average molecular weight is 592 g/mol. The van der Waals surface area contributed by atoms with Crippen molar-refractivity contribution in [2.24, 2.45) is 16.0 Å². The van der Waals surface area contributed by atoms with E-state index in [0.717, 1.165) is 6.07 Å². The molecule has 0 heterocycles. The molecule has 0 saturated carbocycles. The Morgan fingerprint density at radius 2 is 1.32 bits per heavy atom. The third kappa shape index (κ3) is 8.15. The number of anilines is 2. The molecule has 0 bridgehead atoms. The summed E-state index contributed by atoms with van der Waals surface area (Å²) in [5.74, 6) is 0. The second kappa shape index (κ2) is 12.0. The molecular formula is C17H15N5Na2O10S3. The Kier molecular flexibility index (Phi) is 10.8. The van der Waals surface area contributed by atoms with Crippen molar-refractivity contribution in [3.8, 4) is 0 Å². The van der Waals surface area contributed by atoms with Crippen LogP contribution in [0.25, 0.3) is 10.8 Å². The molecule has 37 heavy (non-hydrogen) atoms. The first-order valence-corrected chi connectivity index (χ1v) is 13.2. The SMILES string of the molecule is NC(=O)Nc1cc(N)ccc1N=Nc1cc2c(S(=O)(=O)O)cc(S(=O)(=O)O)cc2cc1S(=O)(=O)O.[Na].[Na]. The van der Waals surface area contributed by atoms with Crippen LogP contribution in [0.15, 0.2) is 67.4 Å². The maximum absolute atomic E-state index is 12.0. The van der Waals surface area contributed by atoms with Crippen molar-refractivity contribution in [3.05, 3.63) is 42.5 Å². The Morgan fingerprint density at radius 3 is 1.84 bits per heavy atom. The molecule has 0 aliphatic carbocycles. The monoisotopic (exact) mass is 591 g/mol. The number of hydrogen-bond acceptors (Lipinski definition) is 10. The van der Waals surface area contributed by atoms with Gasteiger partial charge in [-0.05, 0) is 47.9 Å². The number of rotatable bonds is 6. The molecule has 2 amide bonds. The summed E-state index contributed by atoms with van der Waals surface area (Å²) < 4.78 is 99.2. The molecule has 0 spiro atoms. The van der Waals surface area contributed by atoms with Crippen molar-refractivity contribution in [1.82, 2.24) is 0 Å². The van der Waals surface area contributed by atoms with Gasteiger partial charge in [0.25, 0.3) is 30.4 Å². The zero-order chi connectivity index (χ0) is 26.3. The standard InChI is InChI=1S/C17H15N5O10S3.2Na/c18-9-1-2-12(13(5-9)20-17(19)23)21-22-14-7-11-8(4-16(14)35(30,31)32)3-10(33(24,25)26)6-15(11)34(27,28)29;;/h1-7H,18H2,(H3,19,20,23)(H,24,25,26)(H,27,28,29)(H,30,31,32);;. The molecule has 3 aromatic rings. The number of nitrogen functional groups attached to an aromatic ring is 1. The van der Waals surface area contributed by atoms with Crippen molar-refractivity contribution in [1.29, 1.82) is 0 Å². The van der Waals surface area contributed by atoms with Crippen molar-refractivity contribution >= 4 is 129 Å². The van der Waals surface area contributed by atoms with Crippen LogP contribution in [0.2, 0.25) is 0 Å². The molecule has 2 radical (unpaired) electrons. The normalized spacial score (nSPS) is 12.1. The fourth-order valence-electron chi connectivity index (χ4n) is 2.95. The van der Waals surface area contributed by atoms with E-state index >= 15 is 0 Å². The molecule has 0 unspecified atom stereocenters. The maximum Gasteiger partial charge on any atom is 0.316 e. The maximum atomic E-state index is 12.0. The Hall–Kier alpha value is -1.68. The van der Waals surface area contributed by atoms with Crippen LogP contribution in [-0.4, -0.2) is 104 Å². The van der Waals surface area contributed by atoms with Crippen molar-refractivity contribution in [2.45, 2.75) is 14.7 Å². The molecule has 0 aliphatic heterocycles. The van der Waals surface area contributed by atoms with E-state index in [0.29, 0.717) is 18.2 Å². The predicted octanol–water partition coefficient (Wildman–Crippen LogP) is 1.31. The summed E-state index contributed by atoms with van der Waals surface area (Å²) in [7, 11) is -15.1. The number of amides is 2. The van der Waals surface area contributed by atoms with E-state index in [4.69, 9.17) is 11.5 Å². The Bertz CT molecular complexity index is 1750. The molecular weight excluding hydrogens is 576 g/mol. The molecule has 3 rings (SSSR count). The van der Waals surface area contributed by atoms with Gasteiger partial charge in [0.1, 0.15) is 21.2 Å². The van der Waals surface area contributed by atoms with Gasteiger partial charge in [-0.2, -0.15) is 25.3 Å². The van der Waals surface area contributed by atoms with Gasteiger partial charge >= 0.3 is 6.03 Å². The molecule has 0 aromatic heterocycles. The van der Waals surface area contributed by atoms with Gasteiger partial charge in [-0.1, -0.05) is 0 Å². The fourth-order valence-corrected chi connectivity index (χ4v) is 4.94. The second-order valence-electron chi connectivity index (χ2n) is 6.85. The van der Waals surface area contributed by atoms with E-state index in [2.05, 4.69) is 15.5 Å². The van der Waals surface area contributed by atoms with E-state index in [1.807, 2.05) is 0 Å². The van der Waals surface area contributed by atoms with E-state index in [1.54, 1.807) is 0 Å². The van der Waals surface area contributed by atoms with Crippen molar-refractivity contribution in [2.75, 3.05) is 11.1 Å². The summed E-state index contributed by atoms with van der Waals surface area (Å²) in [6.07, 6.45) is 0. The fraction of sp³-hybridized carbons (Fsp3) is 0. The quantitative estimate of drug-likeness (QED) is 0.103. The number of fused-ring (bicyclic) bond motifs is 1. The number of primary amides is 1. The van der Waals surface area contributed by atoms with Crippen LogP contribution < -0.4 is 16.8 Å². The number of carbonyl (C=O) groups excluding carboxylic acids is 1. The van der Waals surface area contributed by atoms with Crippen LogP contribution in [-0.2, 0) is 30.4 Å². The van der Waals surface area contributed by atoms with Crippen LogP contribution in [0.4, 0.5) is 27.5 Å². The topological polar surface area (TPSA) is 269 Å². The smallest absolute Gasteiger partial charge is 0.316 e. The molecule has 0 aliphatic rings. The van der Waals surface area contributed by atoms with E-state index < -0.39 is 67.5 Å². The van der Waals surface area contributed by atoms with Gasteiger partial charge < -0.3 is 16.8 Å². The van der Waals surface area contributed by atoms with Gasteiger partial charge in [0.05, 0.1) is 10.6 Å². The number of nitrogens with one attached hydrogen (secondary N) is 1. The summed E-state index contributed by atoms with van der Waals surface area (Å²) in [5.41, 5.74) is 10.2. The first-order valence-electron chi connectivity index (χ1n) is 8.89. The Balaban J connectivity index is 0.00000342. The number of carbonyl (C=O) groups is 1. The summed E-state index contributed by atoms with van der Waals surface area (Å²) in [4.78, 5) is 8.30. The molecule has 0 saturated heterocycles. The van der Waals surface area contributed by atoms with Crippen LogP contribution in [0.1, 0.15) is 0 Å². The number of benzene rings is 3. The van der Waals surface area contributed by atoms with Gasteiger partial charge in [0, 0.05) is 70.2 Å². The van der Waals surface area contributed by atoms with Gasteiger partial charge in [0.2, 0.25) is 0 Å². The molecule has 0 fully saturated rings. The minimum absolute atomic E-state index is 0. The molecule has 188 valence electrons. The Morgan fingerprint density at radius 1 is 0.757 bits per heavy atom. The number of hydrogen-bond donors (Lipinski definition) is 6. The predicted molar refractivity (Wildman–Crippen MR) is 133 cm³/mol. The number of nitrogens with two attached hydrogens (primary N) is 2. The zero-order valence-corrected chi connectivity index (χ0v) is 25.5. The first kappa shape index (κ1) is 33.3. The number of urea groups is 1. The average Bonchev–Trinajstić information content (AvgIpc) is 2.69. The van der Waals surface area contributed by atoms with Gasteiger partial charge in [-0.25, -0.2) is 4.79 Å². The summed E-state index contributed by atoms with van der Waals surface area (Å²) in [5, 5.41) is 8.85. The largest absolute Gasteiger partial charge is 0.399 e. The molecule has 15 nitrogen and oxygen atoms in total. The summed E-state index contributed by atoms with van der Waals surface area (Å²) in [6.45, 7) is 0. The zero-order valence-electron chi connectivity index (χ0n) is 19.0. The minimum Gasteiger partial charge on any atom is -0.399 e. The number of nitrogens with zero attached hydrogens (tertiary/aromatic N) is 2. The second-order valence-corrected chi connectivity index (χ2v) is 11.1. The molecule has 8 N–H and O–H groups in total. The summed E-state index contributed by atoms with van der Waals surface area (Å²) >= 11 is 0. The van der Waals surface area contributed by atoms with Crippen LogP contribution in [0.5, 0.6) is 0 Å². The van der Waals surface area contributed by atoms with Gasteiger partial charge in [-0.15, -0.1) is 10.2 Å². The van der Waals surface area contributed by atoms with Crippen LogP contribution in [0, 0.1) is 0 Å². The minimum atomic E-state index is -5.10. The van der Waals surface area contributed by atoms with Gasteiger partial charge in [-0.3, -0.25) is 13.7 Å². The van der Waals surface area contributed by atoms with Crippen molar-refractivity contribution < 1.29 is 43.7 Å². The summed E-state index contributed by atoms with van der Waals surface area (Å²) in [6, 6.07) is 5.52.